The maximum Gasteiger partial charge on any atom is 0.252 e. The van der Waals surface area contributed by atoms with Crippen LogP contribution in [-0.4, -0.2) is 18.5 Å². The smallest absolute Gasteiger partial charge is 0.252 e. The highest BCUT2D eigenvalue weighted by Gasteiger charge is 2.08. The van der Waals surface area contributed by atoms with E-state index in [1.54, 1.807) is 24.3 Å². The fourth-order valence-electron chi connectivity index (χ4n) is 1.15. The molecule has 3 nitrogen and oxygen atoms in total. The second kappa shape index (κ2) is 5.73. The lowest BCUT2D eigenvalue weighted by molar-refractivity contribution is 0.0953. The maximum atomic E-state index is 11.6. The molecule has 1 aromatic carbocycles. The van der Waals surface area contributed by atoms with Gasteiger partial charge in [0.1, 0.15) is 0 Å². The molecule has 0 radical (unpaired) electrons. The summed E-state index contributed by atoms with van der Waals surface area (Å²) in [6.45, 7) is 2.48. The van der Waals surface area contributed by atoms with Crippen molar-refractivity contribution in [3.8, 4) is 0 Å². The molecule has 0 aliphatic rings. The van der Waals surface area contributed by atoms with Crippen LogP contribution in [0, 0.1) is 0 Å². The van der Waals surface area contributed by atoms with Gasteiger partial charge < -0.3 is 11.1 Å². The molecule has 0 saturated carbocycles. The predicted octanol–water partition coefficient (Wildman–Crippen LogP) is 1.81. The zero-order chi connectivity index (χ0) is 11.3. The first kappa shape index (κ1) is 12.0. The second-order valence-corrected chi connectivity index (χ2v) is 3.91. The molecule has 1 unspecified atom stereocenters. The van der Waals surface area contributed by atoms with E-state index in [4.69, 9.17) is 17.3 Å². The molecule has 0 aliphatic heterocycles. The molecule has 0 saturated heterocycles. The van der Waals surface area contributed by atoms with Crippen LogP contribution in [-0.2, 0) is 0 Å². The normalized spacial score (nSPS) is 12.2. The molecule has 1 rings (SSSR count). The third kappa shape index (κ3) is 3.90. The minimum atomic E-state index is -0.152. The molecule has 0 aliphatic carbocycles. The van der Waals surface area contributed by atoms with Gasteiger partial charge in [0.15, 0.2) is 0 Å². The molecule has 1 atom stereocenters. The van der Waals surface area contributed by atoms with Crippen LogP contribution >= 0.6 is 11.6 Å². The molecule has 1 aromatic rings. The number of hydrogen-bond acceptors (Lipinski definition) is 2. The topological polar surface area (TPSA) is 55.1 Å². The summed E-state index contributed by atoms with van der Waals surface area (Å²) in [6.07, 6.45) is 0.760. The highest BCUT2D eigenvalue weighted by Crippen LogP contribution is 2.14. The summed E-state index contributed by atoms with van der Waals surface area (Å²) >= 11 is 5.88. The number of amides is 1. The minimum Gasteiger partial charge on any atom is -0.352 e. The van der Waals surface area contributed by atoms with Crippen LogP contribution < -0.4 is 11.1 Å². The van der Waals surface area contributed by atoms with Crippen LogP contribution in [0.4, 0.5) is 0 Å². The Morgan fingerprint density at radius 2 is 2.20 bits per heavy atom. The number of carbonyl (C=O) groups is 1. The minimum absolute atomic E-state index is 0.0940. The average molecular weight is 227 g/mol. The number of halogens is 1. The van der Waals surface area contributed by atoms with Crippen molar-refractivity contribution in [2.45, 2.75) is 19.4 Å². The summed E-state index contributed by atoms with van der Waals surface area (Å²) in [4.78, 5) is 11.6. The Hall–Kier alpha value is -1.06. The van der Waals surface area contributed by atoms with E-state index in [9.17, 15) is 4.79 Å². The SMILES string of the molecule is CC(N)CCNC(=O)c1ccccc1Cl. The summed E-state index contributed by atoms with van der Waals surface area (Å²) in [6, 6.07) is 7.07. The second-order valence-electron chi connectivity index (χ2n) is 3.50. The molecule has 0 bridgehead atoms. The lowest BCUT2D eigenvalue weighted by atomic mass is 10.2. The van der Waals surface area contributed by atoms with Crippen molar-refractivity contribution in [2.75, 3.05) is 6.54 Å². The standard InChI is InChI=1S/C11H15ClN2O/c1-8(13)6-7-14-11(15)9-4-2-3-5-10(9)12/h2-5,8H,6-7,13H2,1H3,(H,14,15). The van der Waals surface area contributed by atoms with E-state index in [1.165, 1.54) is 0 Å². The Bertz CT molecular complexity index is 339. The van der Waals surface area contributed by atoms with Crippen LogP contribution in [0.3, 0.4) is 0 Å². The number of nitrogens with one attached hydrogen (secondary N) is 1. The van der Waals surface area contributed by atoms with Gasteiger partial charge in [-0.3, -0.25) is 4.79 Å². The van der Waals surface area contributed by atoms with Gasteiger partial charge >= 0.3 is 0 Å². The first-order chi connectivity index (χ1) is 7.11. The van der Waals surface area contributed by atoms with Crippen molar-refractivity contribution >= 4 is 17.5 Å². The van der Waals surface area contributed by atoms with E-state index in [0.29, 0.717) is 17.1 Å². The quantitative estimate of drug-likeness (QED) is 0.823. The summed E-state index contributed by atoms with van der Waals surface area (Å²) in [5, 5.41) is 3.24. The molecule has 15 heavy (non-hydrogen) atoms. The molecule has 0 spiro atoms. The summed E-state index contributed by atoms with van der Waals surface area (Å²) < 4.78 is 0. The van der Waals surface area contributed by atoms with Crippen molar-refractivity contribution in [1.29, 1.82) is 0 Å². The Labute approximate surface area is 94.6 Å². The van der Waals surface area contributed by atoms with Crippen LogP contribution in [0.1, 0.15) is 23.7 Å². The Balaban J connectivity index is 2.51. The molecule has 4 heteroatoms. The zero-order valence-corrected chi connectivity index (χ0v) is 9.42. The summed E-state index contributed by atoms with van der Waals surface area (Å²) in [7, 11) is 0. The highest BCUT2D eigenvalue weighted by atomic mass is 35.5. The van der Waals surface area contributed by atoms with Gasteiger partial charge in [-0.1, -0.05) is 23.7 Å². The molecule has 82 valence electrons. The average Bonchev–Trinajstić information content (AvgIpc) is 2.17. The van der Waals surface area contributed by atoms with Crippen molar-refractivity contribution in [3.05, 3.63) is 34.9 Å². The molecular weight excluding hydrogens is 212 g/mol. The van der Waals surface area contributed by atoms with Gasteiger partial charge in [0.2, 0.25) is 0 Å². The van der Waals surface area contributed by atoms with Gasteiger partial charge in [0.25, 0.3) is 5.91 Å². The number of carbonyl (C=O) groups excluding carboxylic acids is 1. The Morgan fingerprint density at radius 3 is 2.80 bits per heavy atom. The van der Waals surface area contributed by atoms with Gasteiger partial charge in [-0.05, 0) is 25.5 Å². The highest BCUT2D eigenvalue weighted by molar-refractivity contribution is 6.33. The molecule has 0 fully saturated rings. The number of benzene rings is 1. The first-order valence-electron chi connectivity index (χ1n) is 4.89. The van der Waals surface area contributed by atoms with Crippen molar-refractivity contribution in [3.63, 3.8) is 0 Å². The molecule has 3 N–H and O–H groups in total. The van der Waals surface area contributed by atoms with E-state index >= 15 is 0 Å². The number of rotatable bonds is 4. The Morgan fingerprint density at radius 1 is 1.53 bits per heavy atom. The summed E-state index contributed by atoms with van der Waals surface area (Å²) in [5.41, 5.74) is 6.07. The molecule has 1 amide bonds. The van der Waals surface area contributed by atoms with Crippen LogP contribution in [0.2, 0.25) is 5.02 Å². The van der Waals surface area contributed by atoms with Crippen LogP contribution in [0.25, 0.3) is 0 Å². The molecule has 0 heterocycles. The van der Waals surface area contributed by atoms with Gasteiger partial charge in [-0.15, -0.1) is 0 Å². The van der Waals surface area contributed by atoms with Gasteiger partial charge in [-0.2, -0.15) is 0 Å². The molecular formula is C11H15ClN2O. The van der Waals surface area contributed by atoms with Gasteiger partial charge in [0, 0.05) is 12.6 Å². The summed E-state index contributed by atoms with van der Waals surface area (Å²) in [5.74, 6) is -0.152. The van der Waals surface area contributed by atoms with E-state index in [0.717, 1.165) is 6.42 Å². The Kier molecular flexibility index (Phi) is 4.59. The fourth-order valence-corrected chi connectivity index (χ4v) is 1.38. The predicted molar refractivity (Wildman–Crippen MR) is 62.1 cm³/mol. The largest absolute Gasteiger partial charge is 0.352 e. The maximum absolute atomic E-state index is 11.6. The first-order valence-corrected chi connectivity index (χ1v) is 5.27. The number of hydrogen-bond donors (Lipinski definition) is 2. The zero-order valence-electron chi connectivity index (χ0n) is 8.66. The fraction of sp³-hybridized carbons (Fsp3) is 0.364. The van der Waals surface area contributed by atoms with E-state index in [2.05, 4.69) is 5.32 Å². The van der Waals surface area contributed by atoms with Crippen molar-refractivity contribution in [2.24, 2.45) is 5.73 Å². The number of nitrogens with two attached hydrogens (primary N) is 1. The van der Waals surface area contributed by atoms with Crippen LogP contribution in [0.5, 0.6) is 0 Å². The third-order valence-corrected chi connectivity index (χ3v) is 2.33. The lowest BCUT2D eigenvalue weighted by Crippen LogP contribution is -2.29. The van der Waals surface area contributed by atoms with Crippen LogP contribution in [0.15, 0.2) is 24.3 Å². The van der Waals surface area contributed by atoms with Gasteiger partial charge in [0.05, 0.1) is 10.6 Å². The third-order valence-electron chi connectivity index (χ3n) is 2.00. The lowest BCUT2D eigenvalue weighted by Gasteiger charge is -2.08. The van der Waals surface area contributed by atoms with Crippen molar-refractivity contribution in [1.82, 2.24) is 5.32 Å². The van der Waals surface area contributed by atoms with E-state index in [1.807, 2.05) is 6.92 Å². The van der Waals surface area contributed by atoms with E-state index in [-0.39, 0.29) is 11.9 Å². The monoisotopic (exact) mass is 226 g/mol. The van der Waals surface area contributed by atoms with E-state index < -0.39 is 0 Å². The van der Waals surface area contributed by atoms with Crippen molar-refractivity contribution < 1.29 is 4.79 Å². The molecule has 0 aromatic heterocycles. The van der Waals surface area contributed by atoms with Gasteiger partial charge in [-0.25, -0.2) is 0 Å².